The summed E-state index contributed by atoms with van der Waals surface area (Å²) in [6.45, 7) is 8.23. The van der Waals surface area contributed by atoms with Crippen LogP contribution in [0, 0.1) is 0 Å². The molecule has 0 aromatic carbocycles. The molecule has 56 valence electrons. The molecule has 0 amide bonds. The van der Waals surface area contributed by atoms with E-state index in [2.05, 4.69) is 26.1 Å². The molecule has 0 aliphatic rings. The van der Waals surface area contributed by atoms with Crippen molar-refractivity contribution in [3.05, 3.63) is 0 Å². The minimum absolute atomic E-state index is 0.197. The predicted octanol–water partition coefficient (Wildman–Crippen LogP) is 1.01. The Hall–Kier alpha value is 0.177. The van der Waals surface area contributed by atoms with Crippen LogP contribution in [0.2, 0.25) is 11.1 Å². The van der Waals surface area contributed by atoms with Crippen LogP contribution in [0.25, 0.3) is 0 Å². The predicted molar refractivity (Wildman–Crippen MR) is 47.0 cm³/mol. The van der Waals surface area contributed by atoms with Gasteiger partial charge in [-0.1, -0.05) is 26.3 Å². The Kier molecular flexibility index (Phi) is 5.10. The summed E-state index contributed by atoms with van der Waals surface area (Å²) in [7, 11) is 2.23. The normalized spacial score (nSPS) is 15.7. The summed E-state index contributed by atoms with van der Waals surface area (Å²) in [6.07, 6.45) is 0. The summed E-state index contributed by atoms with van der Waals surface area (Å²) < 4.78 is 0. The molecule has 0 saturated carbocycles. The highest BCUT2D eigenvalue weighted by atomic mass is 28.2. The van der Waals surface area contributed by atoms with Gasteiger partial charge in [0, 0.05) is 9.52 Å². The third-order valence-electron chi connectivity index (χ3n) is 1.43. The summed E-state index contributed by atoms with van der Waals surface area (Å²) in [5.74, 6) is 0. The number of nitrogens with one attached hydrogen (secondary N) is 1. The minimum Gasteiger partial charge on any atom is -0.320 e. The van der Waals surface area contributed by atoms with E-state index >= 15 is 0 Å². The Morgan fingerprint density at radius 3 is 2.22 bits per heavy atom. The lowest BCUT2D eigenvalue weighted by Gasteiger charge is -2.11. The topological polar surface area (TPSA) is 12.0 Å². The summed E-state index contributed by atoms with van der Waals surface area (Å²) in [5, 5.41) is 3.21. The molecule has 1 N–H and O–H groups in total. The first-order valence-electron chi connectivity index (χ1n) is 3.81. The van der Waals surface area contributed by atoms with Crippen LogP contribution in [0.3, 0.4) is 0 Å². The highest BCUT2D eigenvalue weighted by Crippen LogP contribution is 2.08. The summed E-state index contributed by atoms with van der Waals surface area (Å²) in [5.41, 5.74) is 1.95. The molecule has 1 unspecified atom stereocenters. The molecule has 0 rings (SSSR count). The molecule has 0 saturated heterocycles. The van der Waals surface area contributed by atoms with Gasteiger partial charge in [0.1, 0.15) is 0 Å². The van der Waals surface area contributed by atoms with Crippen molar-refractivity contribution in [1.29, 1.82) is 0 Å². The summed E-state index contributed by atoms with van der Waals surface area (Å²) in [4.78, 5) is 0. The second-order valence-corrected chi connectivity index (χ2v) is 6.79. The summed E-state index contributed by atoms with van der Waals surface area (Å²) in [6, 6.07) is 0. The molecule has 1 atom stereocenters. The van der Waals surface area contributed by atoms with Crippen LogP contribution in [0.4, 0.5) is 0 Å². The molecule has 0 aromatic rings. The molecule has 0 spiro atoms. The maximum Gasteiger partial charge on any atom is 0.0270 e. The maximum atomic E-state index is 3.21. The fourth-order valence-electron chi connectivity index (χ4n) is 1.24. The van der Waals surface area contributed by atoms with Crippen LogP contribution in [-0.2, 0) is 0 Å². The first kappa shape index (κ1) is 9.18. The van der Waals surface area contributed by atoms with Gasteiger partial charge in [-0.2, -0.15) is 0 Å². The van der Waals surface area contributed by atoms with E-state index in [1.54, 1.807) is 0 Å². The van der Waals surface area contributed by atoms with Crippen LogP contribution in [-0.4, -0.2) is 23.1 Å². The fourth-order valence-corrected chi connectivity index (χ4v) is 3.30. The molecule has 9 heavy (non-hydrogen) atoms. The van der Waals surface area contributed by atoms with Crippen molar-refractivity contribution in [1.82, 2.24) is 5.32 Å². The van der Waals surface area contributed by atoms with E-state index in [9.17, 15) is 0 Å². The van der Waals surface area contributed by atoms with E-state index in [1.807, 2.05) is 7.05 Å². The largest absolute Gasteiger partial charge is 0.320 e. The van der Waals surface area contributed by atoms with Gasteiger partial charge >= 0.3 is 0 Å². The zero-order valence-corrected chi connectivity index (χ0v) is 8.48. The minimum atomic E-state index is 0.197. The molecular weight excluding hydrogens is 126 g/mol. The van der Waals surface area contributed by atoms with Crippen LogP contribution >= 0.6 is 0 Å². The van der Waals surface area contributed by atoms with Gasteiger partial charge in [0.2, 0.25) is 0 Å². The Labute approximate surface area is 61.1 Å². The van der Waals surface area contributed by atoms with Gasteiger partial charge in [0.25, 0.3) is 0 Å². The molecular formula is C7H19NSi. The van der Waals surface area contributed by atoms with Gasteiger partial charge in [-0.05, 0) is 19.1 Å². The third kappa shape index (κ3) is 6.06. The van der Waals surface area contributed by atoms with Gasteiger partial charge in [-0.25, -0.2) is 0 Å². The lowest BCUT2D eigenvalue weighted by molar-refractivity contribution is 0.755. The Morgan fingerprint density at radius 2 is 1.89 bits per heavy atom. The lowest BCUT2D eigenvalue weighted by atomic mass is 10.5. The molecule has 0 aromatic heterocycles. The van der Waals surface area contributed by atoms with Crippen molar-refractivity contribution in [3.63, 3.8) is 0 Å². The van der Waals surface area contributed by atoms with E-state index in [1.165, 1.54) is 6.54 Å². The third-order valence-corrected chi connectivity index (χ3v) is 3.46. The molecule has 0 fully saturated rings. The van der Waals surface area contributed by atoms with Crippen LogP contribution in [0.5, 0.6) is 0 Å². The smallest absolute Gasteiger partial charge is 0.0270 e. The zero-order chi connectivity index (χ0) is 7.28. The van der Waals surface area contributed by atoms with Crippen LogP contribution in [0.1, 0.15) is 20.8 Å². The van der Waals surface area contributed by atoms with Gasteiger partial charge in [-0.15, -0.1) is 0 Å². The molecule has 0 aliphatic heterocycles. The summed E-state index contributed by atoms with van der Waals surface area (Å²) >= 11 is 0. The second kappa shape index (κ2) is 5.00. The maximum absolute atomic E-state index is 3.21. The van der Waals surface area contributed by atoms with E-state index in [0.717, 1.165) is 11.1 Å². The second-order valence-electron chi connectivity index (χ2n) is 3.29. The van der Waals surface area contributed by atoms with Crippen molar-refractivity contribution in [3.8, 4) is 0 Å². The Bertz CT molecular complexity index is 63.9. The van der Waals surface area contributed by atoms with Gasteiger partial charge < -0.3 is 5.32 Å². The number of hydrogen-bond acceptors (Lipinski definition) is 1. The molecule has 0 aliphatic carbocycles. The van der Waals surface area contributed by atoms with Gasteiger partial charge in [0.15, 0.2) is 0 Å². The van der Waals surface area contributed by atoms with E-state index in [-0.39, 0.29) is 9.52 Å². The van der Waals surface area contributed by atoms with Crippen molar-refractivity contribution in [2.24, 2.45) is 0 Å². The molecule has 0 heterocycles. The van der Waals surface area contributed by atoms with Crippen molar-refractivity contribution in [2.75, 3.05) is 13.6 Å². The van der Waals surface area contributed by atoms with Crippen molar-refractivity contribution in [2.45, 2.75) is 31.9 Å². The average molecular weight is 145 g/mol. The SMILES string of the molecule is CNCC(C)[SiH2]C(C)C. The zero-order valence-electron chi connectivity index (χ0n) is 7.07. The van der Waals surface area contributed by atoms with Gasteiger partial charge in [0.05, 0.1) is 0 Å². The first-order chi connectivity index (χ1) is 4.16. The Morgan fingerprint density at radius 1 is 1.33 bits per heavy atom. The molecule has 1 nitrogen and oxygen atoms in total. The number of rotatable bonds is 4. The highest BCUT2D eigenvalue weighted by Gasteiger charge is 2.03. The molecule has 0 bridgehead atoms. The highest BCUT2D eigenvalue weighted by molar-refractivity contribution is 6.39. The van der Waals surface area contributed by atoms with E-state index in [4.69, 9.17) is 0 Å². The van der Waals surface area contributed by atoms with Crippen LogP contribution < -0.4 is 5.32 Å². The van der Waals surface area contributed by atoms with Gasteiger partial charge in [-0.3, -0.25) is 0 Å². The lowest BCUT2D eigenvalue weighted by Crippen LogP contribution is -2.17. The monoisotopic (exact) mass is 145 g/mol. The van der Waals surface area contributed by atoms with Crippen LogP contribution in [0.15, 0.2) is 0 Å². The number of hydrogen-bond donors (Lipinski definition) is 1. The molecule has 2 heteroatoms. The van der Waals surface area contributed by atoms with E-state index in [0.29, 0.717) is 0 Å². The Balaban J connectivity index is 3.15. The molecule has 0 radical (unpaired) electrons. The van der Waals surface area contributed by atoms with E-state index < -0.39 is 0 Å². The van der Waals surface area contributed by atoms with Crippen molar-refractivity contribution < 1.29 is 0 Å². The standard InChI is InChI=1S/C7H19NSi/c1-6(2)9-7(3)5-8-4/h6-8H,5,9H2,1-4H3. The fraction of sp³-hybridized carbons (Fsp3) is 1.00. The first-order valence-corrected chi connectivity index (χ1v) is 5.44. The average Bonchev–Trinajstić information content (AvgIpc) is 1.63. The quantitative estimate of drug-likeness (QED) is 0.582. The van der Waals surface area contributed by atoms with Crippen molar-refractivity contribution >= 4 is 9.52 Å².